The molecule has 1 amide bonds. The van der Waals surface area contributed by atoms with E-state index in [2.05, 4.69) is 15.6 Å². The number of nitrogens with one attached hydrogen (secondary N) is 2. The van der Waals surface area contributed by atoms with E-state index >= 15 is 0 Å². The van der Waals surface area contributed by atoms with Gasteiger partial charge in [0.1, 0.15) is 0 Å². The van der Waals surface area contributed by atoms with Crippen LogP contribution in [0.15, 0.2) is 42.0 Å². The van der Waals surface area contributed by atoms with Gasteiger partial charge in [-0.05, 0) is 31.5 Å². The Labute approximate surface area is 150 Å². The monoisotopic (exact) mass is 362 g/mol. The van der Waals surface area contributed by atoms with Crippen molar-refractivity contribution in [1.29, 1.82) is 0 Å². The predicted octanol–water partition coefficient (Wildman–Crippen LogP) is 3.57. The maximum absolute atomic E-state index is 12.0. The van der Waals surface area contributed by atoms with Crippen molar-refractivity contribution in [3.63, 3.8) is 0 Å². The standard InChI is InChI=1S/C17H18N4OS.ClH/c22-16(10-14-2-1-7-18-14)19-13-5-3-12(4-6-13)15-11-21-8-9-23-17(21)20-15;/h3-6,8-9,11,14,18H,1-2,7,10H2,(H,19,22);1H. The number of hydrogen-bond acceptors (Lipinski definition) is 4. The first kappa shape index (κ1) is 17.0. The van der Waals surface area contributed by atoms with Crippen LogP contribution in [0, 0.1) is 0 Å². The molecule has 0 bridgehead atoms. The van der Waals surface area contributed by atoms with Gasteiger partial charge in [0.15, 0.2) is 4.96 Å². The maximum Gasteiger partial charge on any atom is 0.225 e. The minimum Gasteiger partial charge on any atom is -0.326 e. The number of hydrogen-bond donors (Lipinski definition) is 2. The van der Waals surface area contributed by atoms with Crippen LogP contribution in [0.25, 0.3) is 16.2 Å². The highest BCUT2D eigenvalue weighted by Crippen LogP contribution is 2.23. The van der Waals surface area contributed by atoms with E-state index in [0.29, 0.717) is 12.5 Å². The van der Waals surface area contributed by atoms with Gasteiger partial charge >= 0.3 is 0 Å². The number of benzene rings is 1. The third-order valence-corrected chi connectivity index (χ3v) is 4.92. The summed E-state index contributed by atoms with van der Waals surface area (Å²) < 4.78 is 2.02. The molecule has 4 rings (SSSR count). The lowest BCUT2D eigenvalue weighted by atomic mass is 10.1. The molecule has 3 heterocycles. The number of amides is 1. The first-order chi connectivity index (χ1) is 11.3. The first-order valence-corrected chi connectivity index (χ1v) is 8.72. The average Bonchev–Trinajstić information content (AvgIpc) is 3.24. The molecule has 1 aliphatic rings. The molecule has 24 heavy (non-hydrogen) atoms. The number of carbonyl (C=O) groups is 1. The lowest BCUT2D eigenvalue weighted by molar-refractivity contribution is -0.116. The van der Waals surface area contributed by atoms with Gasteiger partial charge in [-0.1, -0.05) is 12.1 Å². The second-order valence-electron chi connectivity index (χ2n) is 5.84. The van der Waals surface area contributed by atoms with Crippen molar-refractivity contribution >= 4 is 40.3 Å². The van der Waals surface area contributed by atoms with Crippen LogP contribution in [-0.4, -0.2) is 27.9 Å². The van der Waals surface area contributed by atoms with Crippen LogP contribution in [0.5, 0.6) is 0 Å². The van der Waals surface area contributed by atoms with Crippen LogP contribution in [0.2, 0.25) is 0 Å². The Balaban J connectivity index is 0.00000169. The summed E-state index contributed by atoms with van der Waals surface area (Å²) in [5, 5.41) is 8.33. The molecule has 1 saturated heterocycles. The van der Waals surface area contributed by atoms with Crippen molar-refractivity contribution in [2.45, 2.75) is 25.3 Å². The zero-order valence-electron chi connectivity index (χ0n) is 13.1. The molecule has 0 radical (unpaired) electrons. The molecule has 1 aromatic carbocycles. The normalized spacial score (nSPS) is 16.9. The number of imidazole rings is 1. The number of thiazole rings is 1. The predicted molar refractivity (Wildman–Crippen MR) is 100 cm³/mol. The molecule has 1 atom stereocenters. The molecule has 3 aromatic rings. The van der Waals surface area contributed by atoms with Gasteiger partial charge in [0.2, 0.25) is 5.91 Å². The number of nitrogens with zero attached hydrogens (tertiary/aromatic N) is 2. The van der Waals surface area contributed by atoms with E-state index in [0.717, 1.165) is 41.3 Å². The second kappa shape index (κ2) is 7.34. The van der Waals surface area contributed by atoms with Crippen LogP contribution in [-0.2, 0) is 4.79 Å². The Hall–Kier alpha value is -1.89. The summed E-state index contributed by atoms with van der Waals surface area (Å²) in [6.07, 6.45) is 6.81. The van der Waals surface area contributed by atoms with Crippen molar-refractivity contribution in [2.24, 2.45) is 0 Å². The summed E-state index contributed by atoms with van der Waals surface area (Å²) in [7, 11) is 0. The molecule has 0 saturated carbocycles. The second-order valence-corrected chi connectivity index (χ2v) is 6.71. The fourth-order valence-corrected chi connectivity index (χ4v) is 3.66. The highest BCUT2D eigenvalue weighted by atomic mass is 35.5. The molecule has 1 aliphatic heterocycles. The Morgan fingerprint density at radius 1 is 1.38 bits per heavy atom. The van der Waals surface area contributed by atoms with Crippen LogP contribution < -0.4 is 10.6 Å². The van der Waals surface area contributed by atoms with Gasteiger partial charge in [-0.2, -0.15) is 0 Å². The number of anilines is 1. The summed E-state index contributed by atoms with van der Waals surface area (Å²) in [5.74, 6) is 0.0691. The van der Waals surface area contributed by atoms with E-state index in [1.807, 2.05) is 46.4 Å². The first-order valence-electron chi connectivity index (χ1n) is 7.84. The summed E-state index contributed by atoms with van der Waals surface area (Å²) in [5.41, 5.74) is 2.83. The van der Waals surface area contributed by atoms with Crippen LogP contribution >= 0.6 is 23.7 Å². The fraction of sp³-hybridized carbons (Fsp3) is 0.294. The molecule has 2 aromatic heterocycles. The van der Waals surface area contributed by atoms with E-state index in [9.17, 15) is 4.79 Å². The molecule has 1 unspecified atom stereocenters. The molecular weight excluding hydrogens is 344 g/mol. The van der Waals surface area contributed by atoms with Gasteiger partial charge in [0.05, 0.1) is 5.69 Å². The van der Waals surface area contributed by atoms with Crippen LogP contribution in [0.4, 0.5) is 5.69 Å². The van der Waals surface area contributed by atoms with Gasteiger partial charge in [0, 0.05) is 41.5 Å². The summed E-state index contributed by atoms with van der Waals surface area (Å²) in [4.78, 5) is 17.6. The SMILES string of the molecule is Cl.O=C(CC1CCCN1)Nc1ccc(-c2cn3ccsc3n2)cc1. The number of aromatic nitrogens is 2. The van der Waals surface area contributed by atoms with E-state index in [1.54, 1.807) is 11.3 Å². The largest absolute Gasteiger partial charge is 0.326 e. The van der Waals surface area contributed by atoms with E-state index in [4.69, 9.17) is 0 Å². The number of halogens is 1. The van der Waals surface area contributed by atoms with Gasteiger partial charge in [-0.3, -0.25) is 9.20 Å². The third kappa shape index (κ3) is 3.61. The highest BCUT2D eigenvalue weighted by Gasteiger charge is 2.17. The van der Waals surface area contributed by atoms with E-state index < -0.39 is 0 Å². The van der Waals surface area contributed by atoms with Gasteiger partial charge in [0.25, 0.3) is 0 Å². The van der Waals surface area contributed by atoms with Crippen LogP contribution in [0.3, 0.4) is 0 Å². The van der Waals surface area contributed by atoms with Gasteiger partial charge in [-0.15, -0.1) is 23.7 Å². The van der Waals surface area contributed by atoms with E-state index in [-0.39, 0.29) is 18.3 Å². The van der Waals surface area contributed by atoms with E-state index in [1.165, 1.54) is 0 Å². The maximum atomic E-state index is 12.0. The number of rotatable bonds is 4. The fourth-order valence-electron chi connectivity index (χ4n) is 2.96. The highest BCUT2D eigenvalue weighted by molar-refractivity contribution is 7.15. The Bertz CT molecular complexity index is 792. The van der Waals surface area contributed by atoms with Gasteiger partial charge < -0.3 is 10.6 Å². The molecular formula is C17H19ClN4OS. The van der Waals surface area contributed by atoms with Crippen molar-refractivity contribution in [3.05, 3.63) is 42.0 Å². The Morgan fingerprint density at radius 2 is 2.21 bits per heavy atom. The lowest BCUT2D eigenvalue weighted by Crippen LogP contribution is -2.27. The zero-order chi connectivity index (χ0) is 15.6. The van der Waals surface area contributed by atoms with Gasteiger partial charge in [-0.25, -0.2) is 4.98 Å². The van der Waals surface area contributed by atoms with Crippen LogP contribution in [0.1, 0.15) is 19.3 Å². The minimum atomic E-state index is 0. The van der Waals surface area contributed by atoms with Crippen molar-refractivity contribution in [3.8, 4) is 11.3 Å². The summed E-state index contributed by atoms with van der Waals surface area (Å²) in [6, 6.07) is 8.19. The zero-order valence-corrected chi connectivity index (χ0v) is 14.7. The van der Waals surface area contributed by atoms with Crippen molar-refractivity contribution in [1.82, 2.24) is 14.7 Å². The quantitative estimate of drug-likeness (QED) is 0.746. The molecule has 2 N–H and O–H groups in total. The smallest absolute Gasteiger partial charge is 0.225 e. The Kier molecular flexibility index (Phi) is 5.18. The Morgan fingerprint density at radius 3 is 2.92 bits per heavy atom. The lowest BCUT2D eigenvalue weighted by Gasteiger charge is -2.10. The topological polar surface area (TPSA) is 58.4 Å². The van der Waals surface area contributed by atoms with Crippen molar-refractivity contribution in [2.75, 3.05) is 11.9 Å². The molecule has 126 valence electrons. The molecule has 5 nitrogen and oxygen atoms in total. The summed E-state index contributed by atoms with van der Waals surface area (Å²) >= 11 is 1.62. The molecule has 1 fully saturated rings. The third-order valence-electron chi connectivity index (χ3n) is 4.15. The average molecular weight is 363 g/mol. The molecule has 0 spiro atoms. The summed E-state index contributed by atoms with van der Waals surface area (Å²) in [6.45, 7) is 1.02. The number of fused-ring (bicyclic) bond motifs is 1. The molecule has 0 aliphatic carbocycles. The van der Waals surface area contributed by atoms with Crippen molar-refractivity contribution < 1.29 is 4.79 Å². The minimum absolute atomic E-state index is 0. The molecule has 7 heteroatoms. The number of carbonyl (C=O) groups excluding carboxylic acids is 1.